The van der Waals surface area contributed by atoms with Crippen molar-refractivity contribution in [1.82, 2.24) is 14.9 Å². The van der Waals surface area contributed by atoms with Crippen molar-refractivity contribution in [2.45, 2.75) is 6.29 Å². The predicted molar refractivity (Wildman–Crippen MR) is 160 cm³/mol. The van der Waals surface area contributed by atoms with Crippen molar-refractivity contribution in [1.29, 1.82) is 0 Å². The highest BCUT2D eigenvalue weighted by atomic mass is 16.7. The summed E-state index contributed by atoms with van der Waals surface area (Å²) < 4.78 is 12.6. The molecule has 0 saturated carbocycles. The van der Waals surface area contributed by atoms with Crippen LogP contribution in [0.15, 0.2) is 114 Å². The van der Waals surface area contributed by atoms with Gasteiger partial charge in [0.2, 0.25) is 0 Å². The number of methoxy groups -OCH3 is 2. The number of anilines is 4. The first kappa shape index (κ1) is 25.4. The van der Waals surface area contributed by atoms with Gasteiger partial charge in [0.25, 0.3) is 0 Å². The zero-order valence-corrected chi connectivity index (χ0v) is 22.3. The van der Waals surface area contributed by atoms with E-state index in [9.17, 15) is 0 Å². The second-order valence-corrected chi connectivity index (χ2v) is 9.24. The Hall–Kier alpha value is -4.92. The molecule has 0 amide bonds. The standard InChI is InChI=1S/C17H19N3O2.C15H11N3/c1-21-16(22-2)11-18-17-12-7-3-4-8-13(12)19-14-9-5-6-10-15(14)20-17;1-2-6-12-11(5-1)15-16-9-10-18(15)14-8-4-3-7-13(14)17-12/h3-10,16,19H,11H2,1-2H3,(H,18,20);1-10,17H. The van der Waals surface area contributed by atoms with E-state index >= 15 is 0 Å². The molecular weight excluding hydrogens is 500 g/mol. The van der Waals surface area contributed by atoms with Crippen LogP contribution in [0.3, 0.4) is 0 Å². The summed E-state index contributed by atoms with van der Waals surface area (Å²) in [5.74, 6) is 1.77. The lowest BCUT2D eigenvalue weighted by Crippen LogP contribution is -2.34. The normalized spacial score (nSPS) is 12.3. The molecule has 8 nitrogen and oxygen atoms in total. The van der Waals surface area contributed by atoms with Gasteiger partial charge in [-0.1, -0.05) is 48.5 Å². The van der Waals surface area contributed by atoms with E-state index in [1.165, 1.54) is 0 Å². The molecule has 7 rings (SSSR count). The summed E-state index contributed by atoms with van der Waals surface area (Å²) in [5.41, 5.74) is 8.36. The molecule has 0 fully saturated rings. The smallest absolute Gasteiger partial charge is 0.173 e. The van der Waals surface area contributed by atoms with E-state index in [0.29, 0.717) is 6.54 Å². The molecule has 0 aliphatic carbocycles. The van der Waals surface area contributed by atoms with Gasteiger partial charge in [-0.15, -0.1) is 0 Å². The number of imidazole rings is 1. The molecule has 2 aliphatic heterocycles. The lowest BCUT2D eigenvalue weighted by atomic mass is 10.1. The summed E-state index contributed by atoms with van der Waals surface area (Å²) in [6, 6.07) is 32.6. The quantitative estimate of drug-likeness (QED) is 0.222. The molecule has 2 aliphatic rings. The minimum absolute atomic E-state index is 0.318. The third kappa shape index (κ3) is 5.05. The first-order valence-corrected chi connectivity index (χ1v) is 13.1. The zero-order valence-electron chi connectivity index (χ0n) is 22.3. The van der Waals surface area contributed by atoms with E-state index in [-0.39, 0.29) is 6.29 Å². The Kier molecular flexibility index (Phi) is 7.26. The van der Waals surface area contributed by atoms with E-state index < -0.39 is 0 Å². The molecule has 0 spiro atoms. The molecule has 3 heterocycles. The van der Waals surface area contributed by atoms with Crippen LogP contribution in [0.1, 0.15) is 5.56 Å². The maximum atomic E-state index is 5.22. The van der Waals surface area contributed by atoms with Gasteiger partial charge in [-0.05, 0) is 48.5 Å². The Morgan fingerprint density at radius 2 is 1.32 bits per heavy atom. The largest absolute Gasteiger partial charge is 0.364 e. The SMILES string of the molecule is COC(CNC1=Nc2ccccc2Nc2ccccc21)OC.c1ccc2c(c1)Nc1ccccc1-n1ccnc1-2. The zero-order chi connectivity index (χ0) is 27.3. The lowest BCUT2D eigenvalue weighted by molar-refractivity contribution is -0.0965. The van der Waals surface area contributed by atoms with Gasteiger partial charge in [-0.25, -0.2) is 9.98 Å². The molecule has 0 saturated heterocycles. The average Bonchev–Trinajstić information content (AvgIpc) is 3.37. The summed E-state index contributed by atoms with van der Waals surface area (Å²) in [4.78, 5) is 9.23. The van der Waals surface area contributed by atoms with Crippen molar-refractivity contribution in [3.63, 3.8) is 0 Å². The Morgan fingerprint density at radius 1 is 0.725 bits per heavy atom. The van der Waals surface area contributed by atoms with Crippen molar-refractivity contribution in [2.24, 2.45) is 4.99 Å². The van der Waals surface area contributed by atoms with Crippen molar-refractivity contribution in [3.8, 4) is 17.1 Å². The third-order valence-corrected chi connectivity index (χ3v) is 6.79. The molecule has 200 valence electrons. The molecule has 0 atom stereocenters. The number of nitrogens with one attached hydrogen (secondary N) is 3. The Balaban J connectivity index is 0.000000147. The minimum atomic E-state index is -0.318. The van der Waals surface area contributed by atoms with Crippen LogP contribution in [0.25, 0.3) is 17.1 Å². The van der Waals surface area contributed by atoms with Gasteiger partial charge in [0.05, 0.1) is 29.3 Å². The molecule has 1 aromatic heterocycles. The fourth-order valence-corrected chi connectivity index (χ4v) is 4.80. The van der Waals surface area contributed by atoms with Crippen LogP contribution < -0.4 is 16.0 Å². The number of amidine groups is 1. The van der Waals surface area contributed by atoms with Crippen molar-refractivity contribution >= 4 is 34.3 Å². The molecule has 5 aromatic rings. The van der Waals surface area contributed by atoms with Gasteiger partial charge in [0, 0.05) is 49.1 Å². The number of benzene rings is 4. The van der Waals surface area contributed by atoms with Gasteiger partial charge >= 0.3 is 0 Å². The highest BCUT2D eigenvalue weighted by molar-refractivity contribution is 6.07. The summed E-state index contributed by atoms with van der Waals surface area (Å²) in [5, 5.41) is 10.2. The van der Waals surface area contributed by atoms with Crippen LogP contribution >= 0.6 is 0 Å². The lowest BCUT2D eigenvalue weighted by Gasteiger charge is -2.16. The van der Waals surface area contributed by atoms with E-state index in [1.54, 1.807) is 14.2 Å². The van der Waals surface area contributed by atoms with Crippen LogP contribution in [-0.4, -0.2) is 42.4 Å². The number of fused-ring (bicyclic) bond motifs is 7. The molecule has 3 N–H and O–H groups in total. The topological polar surface area (TPSA) is 84.7 Å². The predicted octanol–water partition coefficient (Wildman–Crippen LogP) is 6.63. The van der Waals surface area contributed by atoms with Crippen molar-refractivity contribution in [3.05, 3.63) is 115 Å². The van der Waals surface area contributed by atoms with Crippen LogP contribution in [-0.2, 0) is 9.47 Å². The highest BCUT2D eigenvalue weighted by Crippen LogP contribution is 2.37. The van der Waals surface area contributed by atoms with Crippen molar-refractivity contribution in [2.75, 3.05) is 31.4 Å². The van der Waals surface area contributed by atoms with Gasteiger partial charge < -0.3 is 25.4 Å². The van der Waals surface area contributed by atoms with Gasteiger partial charge in [0.15, 0.2) is 6.29 Å². The maximum Gasteiger partial charge on any atom is 0.173 e. The molecule has 40 heavy (non-hydrogen) atoms. The number of aromatic nitrogens is 2. The molecular formula is C32H30N6O2. The van der Waals surface area contributed by atoms with E-state index in [4.69, 9.17) is 14.5 Å². The molecule has 0 bridgehead atoms. The van der Waals surface area contributed by atoms with Gasteiger partial charge in [-0.2, -0.15) is 0 Å². The second kappa shape index (κ2) is 11.4. The molecule has 0 unspecified atom stereocenters. The van der Waals surface area contributed by atoms with E-state index in [1.807, 2.05) is 85.2 Å². The number of nitrogens with zero attached hydrogens (tertiary/aromatic N) is 3. The minimum Gasteiger partial charge on any atom is -0.364 e. The average molecular weight is 531 g/mol. The number of rotatable bonds is 4. The van der Waals surface area contributed by atoms with Crippen LogP contribution in [0.4, 0.5) is 28.4 Å². The summed E-state index contributed by atoms with van der Waals surface area (Å²) >= 11 is 0. The fourth-order valence-electron chi connectivity index (χ4n) is 4.80. The Bertz CT molecular complexity index is 1600. The summed E-state index contributed by atoms with van der Waals surface area (Å²) in [6.07, 6.45) is 3.52. The van der Waals surface area contributed by atoms with E-state index in [0.717, 1.165) is 56.9 Å². The fraction of sp³-hybridized carbons (Fsp3) is 0.125. The number of ether oxygens (including phenoxy) is 2. The van der Waals surface area contributed by atoms with E-state index in [2.05, 4.69) is 49.8 Å². The number of hydrogen-bond donors (Lipinski definition) is 3. The third-order valence-electron chi connectivity index (χ3n) is 6.79. The summed E-state index contributed by atoms with van der Waals surface area (Å²) in [7, 11) is 3.24. The Labute approximate surface area is 233 Å². The van der Waals surface area contributed by atoms with Gasteiger partial charge in [0.1, 0.15) is 11.7 Å². The first-order chi connectivity index (χ1) is 19.7. The summed E-state index contributed by atoms with van der Waals surface area (Å²) in [6.45, 7) is 0.516. The number of aliphatic imine (C=N–C) groups is 1. The monoisotopic (exact) mass is 530 g/mol. The van der Waals surface area contributed by atoms with Crippen LogP contribution in [0.5, 0.6) is 0 Å². The number of hydrogen-bond acceptors (Lipinski definition) is 7. The highest BCUT2D eigenvalue weighted by Gasteiger charge is 2.19. The molecule has 8 heteroatoms. The van der Waals surface area contributed by atoms with Crippen LogP contribution in [0, 0.1) is 0 Å². The second-order valence-electron chi connectivity index (χ2n) is 9.24. The first-order valence-electron chi connectivity index (χ1n) is 13.1. The maximum absolute atomic E-state index is 5.22. The molecule has 0 radical (unpaired) electrons. The van der Waals surface area contributed by atoms with Crippen LogP contribution in [0.2, 0.25) is 0 Å². The van der Waals surface area contributed by atoms with Crippen molar-refractivity contribution < 1.29 is 9.47 Å². The Morgan fingerprint density at radius 3 is 2.10 bits per heavy atom. The van der Waals surface area contributed by atoms with Gasteiger partial charge in [-0.3, -0.25) is 4.57 Å². The number of para-hydroxylation sites is 6. The molecule has 4 aromatic carbocycles.